The Morgan fingerprint density at radius 2 is 2.15 bits per heavy atom. The number of ether oxygens (including phenoxy) is 1. The molecule has 1 N–H and O–H groups in total. The summed E-state index contributed by atoms with van der Waals surface area (Å²) in [7, 11) is 0. The second-order valence-corrected chi connectivity index (χ2v) is 6.52. The Bertz CT molecular complexity index is 501. The highest BCUT2D eigenvalue weighted by Gasteiger charge is 2.24. The van der Waals surface area contributed by atoms with Crippen molar-refractivity contribution in [3.63, 3.8) is 0 Å². The minimum Gasteiger partial charge on any atom is -0.447 e. The van der Waals surface area contributed by atoms with E-state index < -0.39 is 0 Å². The topological polar surface area (TPSA) is 41.6 Å². The van der Waals surface area contributed by atoms with E-state index in [1.807, 2.05) is 17.8 Å². The van der Waals surface area contributed by atoms with Crippen LogP contribution in [0.25, 0.3) is 0 Å². The molecule has 1 amide bonds. The van der Waals surface area contributed by atoms with E-state index in [4.69, 9.17) is 4.74 Å². The quantitative estimate of drug-likeness (QED) is 0.928. The molecule has 0 saturated carbocycles. The third-order valence-corrected chi connectivity index (χ3v) is 4.92. The van der Waals surface area contributed by atoms with Crippen molar-refractivity contribution in [1.29, 1.82) is 0 Å². The summed E-state index contributed by atoms with van der Waals surface area (Å²) in [5, 5.41) is 3.64. The number of hydrogen-bond acceptors (Lipinski definition) is 4. The van der Waals surface area contributed by atoms with E-state index in [0.717, 1.165) is 11.4 Å². The predicted octanol–water partition coefficient (Wildman–Crippen LogP) is 3.26. The molecular weight excluding hydrogens is 272 g/mol. The Hall–Kier alpha value is -1.36. The number of amides is 1. The van der Waals surface area contributed by atoms with Gasteiger partial charge >= 0.3 is 6.09 Å². The van der Waals surface area contributed by atoms with Crippen molar-refractivity contribution in [1.82, 2.24) is 0 Å². The van der Waals surface area contributed by atoms with Gasteiger partial charge in [0, 0.05) is 17.4 Å². The number of rotatable bonds is 3. The molecule has 5 heteroatoms. The number of benzene rings is 1. The smallest absolute Gasteiger partial charge is 0.414 e. The maximum Gasteiger partial charge on any atom is 0.414 e. The Morgan fingerprint density at radius 3 is 2.85 bits per heavy atom. The lowest BCUT2D eigenvalue weighted by Crippen LogP contribution is -2.26. The summed E-state index contributed by atoms with van der Waals surface area (Å²) in [6.45, 7) is 3.22. The average Bonchev–Trinajstić information content (AvgIpc) is 2.89. The summed E-state index contributed by atoms with van der Waals surface area (Å²) in [5.41, 5.74) is 3.28. The van der Waals surface area contributed by atoms with Crippen molar-refractivity contribution in [3.8, 4) is 0 Å². The Balaban J connectivity index is 1.77. The van der Waals surface area contributed by atoms with Crippen LogP contribution in [0.4, 0.5) is 16.2 Å². The van der Waals surface area contributed by atoms with E-state index in [2.05, 4.69) is 24.4 Å². The zero-order chi connectivity index (χ0) is 13.9. The first-order valence-corrected chi connectivity index (χ1v) is 8.29. The summed E-state index contributed by atoms with van der Waals surface area (Å²) in [6, 6.07) is 6.68. The molecule has 2 fully saturated rings. The Kier molecular flexibility index (Phi) is 4.05. The lowest BCUT2D eigenvalue weighted by atomic mass is 10.1. The van der Waals surface area contributed by atoms with E-state index in [9.17, 15) is 4.79 Å². The van der Waals surface area contributed by atoms with E-state index >= 15 is 0 Å². The number of hydrogen-bond donors (Lipinski definition) is 1. The minimum absolute atomic E-state index is 0.242. The third kappa shape index (κ3) is 2.87. The van der Waals surface area contributed by atoms with Crippen molar-refractivity contribution < 1.29 is 9.53 Å². The van der Waals surface area contributed by atoms with Crippen molar-refractivity contribution in [3.05, 3.63) is 23.8 Å². The minimum atomic E-state index is -0.242. The monoisotopic (exact) mass is 292 g/mol. The molecule has 1 aromatic rings. The van der Waals surface area contributed by atoms with Crippen LogP contribution in [0, 0.1) is 6.92 Å². The number of cyclic esters (lactones) is 1. The summed E-state index contributed by atoms with van der Waals surface area (Å²) < 4.78 is 5.00. The number of thioether (sulfide) groups is 1. The normalized spacial score (nSPS) is 20.1. The van der Waals surface area contributed by atoms with Gasteiger partial charge < -0.3 is 10.1 Å². The number of nitrogens with one attached hydrogen (secondary N) is 1. The molecule has 2 saturated heterocycles. The van der Waals surface area contributed by atoms with Gasteiger partial charge in [-0.05, 0) is 49.0 Å². The first-order valence-electron chi connectivity index (χ1n) is 7.13. The number of anilines is 2. The van der Waals surface area contributed by atoms with Gasteiger partial charge in [-0.25, -0.2) is 4.79 Å². The maximum atomic E-state index is 11.6. The standard InChI is InChI=1S/C15H20N2O2S/c1-11-2-3-13(17-6-7-19-15(17)18)10-14(11)16-12-4-8-20-9-5-12/h2-3,10,12,16H,4-9H2,1H3. The van der Waals surface area contributed by atoms with Crippen molar-refractivity contribution in [2.75, 3.05) is 34.9 Å². The molecule has 20 heavy (non-hydrogen) atoms. The second kappa shape index (κ2) is 5.95. The molecule has 1 aromatic carbocycles. The summed E-state index contributed by atoms with van der Waals surface area (Å²) >= 11 is 2.03. The molecule has 0 atom stereocenters. The first-order chi connectivity index (χ1) is 9.74. The highest BCUT2D eigenvalue weighted by atomic mass is 32.2. The van der Waals surface area contributed by atoms with E-state index in [1.165, 1.54) is 29.9 Å². The zero-order valence-electron chi connectivity index (χ0n) is 11.7. The van der Waals surface area contributed by atoms with Crippen LogP contribution < -0.4 is 10.2 Å². The zero-order valence-corrected chi connectivity index (χ0v) is 12.5. The van der Waals surface area contributed by atoms with E-state index in [1.54, 1.807) is 4.90 Å². The van der Waals surface area contributed by atoms with Gasteiger partial charge in [0.25, 0.3) is 0 Å². The fourth-order valence-corrected chi connectivity index (χ4v) is 3.73. The van der Waals surface area contributed by atoms with Gasteiger partial charge in [-0.3, -0.25) is 4.90 Å². The fraction of sp³-hybridized carbons (Fsp3) is 0.533. The van der Waals surface area contributed by atoms with Crippen LogP contribution in [0.1, 0.15) is 18.4 Å². The SMILES string of the molecule is Cc1ccc(N2CCOC2=O)cc1NC1CCSCC1. The highest BCUT2D eigenvalue weighted by Crippen LogP contribution is 2.28. The van der Waals surface area contributed by atoms with Gasteiger partial charge in [0.15, 0.2) is 0 Å². The van der Waals surface area contributed by atoms with Crippen LogP contribution in [0.3, 0.4) is 0 Å². The van der Waals surface area contributed by atoms with Crippen LogP contribution in [0.2, 0.25) is 0 Å². The van der Waals surface area contributed by atoms with Crippen LogP contribution in [-0.2, 0) is 4.74 Å². The van der Waals surface area contributed by atoms with Crippen LogP contribution >= 0.6 is 11.8 Å². The Morgan fingerprint density at radius 1 is 1.35 bits per heavy atom. The highest BCUT2D eigenvalue weighted by molar-refractivity contribution is 7.99. The van der Waals surface area contributed by atoms with Crippen molar-refractivity contribution >= 4 is 29.2 Å². The molecule has 0 bridgehead atoms. The lowest BCUT2D eigenvalue weighted by Gasteiger charge is -2.25. The molecule has 4 nitrogen and oxygen atoms in total. The molecule has 0 spiro atoms. The summed E-state index contributed by atoms with van der Waals surface area (Å²) in [6.07, 6.45) is 2.18. The molecule has 108 valence electrons. The van der Waals surface area contributed by atoms with E-state index in [0.29, 0.717) is 19.2 Å². The lowest BCUT2D eigenvalue weighted by molar-refractivity contribution is 0.181. The number of carbonyl (C=O) groups is 1. The first kappa shape index (κ1) is 13.6. The largest absolute Gasteiger partial charge is 0.447 e. The molecule has 2 heterocycles. The van der Waals surface area contributed by atoms with Gasteiger partial charge in [-0.1, -0.05) is 6.07 Å². The average molecular weight is 292 g/mol. The van der Waals surface area contributed by atoms with E-state index in [-0.39, 0.29) is 6.09 Å². The predicted molar refractivity (Wildman–Crippen MR) is 83.8 cm³/mol. The molecule has 3 rings (SSSR count). The van der Waals surface area contributed by atoms with Gasteiger partial charge in [-0.15, -0.1) is 0 Å². The Labute approximate surface area is 123 Å². The van der Waals surface area contributed by atoms with Crippen LogP contribution in [-0.4, -0.2) is 36.8 Å². The molecule has 2 aliphatic rings. The molecule has 0 unspecified atom stereocenters. The number of carbonyl (C=O) groups excluding carboxylic acids is 1. The van der Waals surface area contributed by atoms with Crippen LogP contribution in [0.15, 0.2) is 18.2 Å². The fourth-order valence-electron chi connectivity index (χ4n) is 2.62. The van der Waals surface area contributed by atoms with Gasteiger partial charge in [-0.2, -0.15) is 11.8 Å². The van der Waals surface area contributed by atoms with Crippen molar-refractivity contribution in [2.24, 2.45) is 0 Å². The second-order valence-electron chi connectivity index (χ2n) is 5.30. The molecule has 2 aliphatic heterocycles. The van der Waals surface area contributed by atoms with Gasteiger partial charge in [0.1, 0.15) is 6.61 Å². The van der Waals surface area contributed by atoms with Crippen LogP contribution in [0.5, 0.6) is 0 Å². The summed E-state index contributed by atoms with van der Waals surface area (Å²) in [4.78, 5) is 13.3. The maximum absolute atomic E-state index is 11.6. The molecule has 0 radical (unpaired) electrons. The number of aryl methyl sites for hydroxylation is 1. The van der Waals surface area contributed by atoms with Gasteiger partial charge in [0.05, 0.1) is 6.54 Å². The van der Waals surface area contributed by atoms with Crippen molar-refractivity contribution in [2.45, 2.75) is 25.8 Å². The molecular formula is C15H20N2O2S. The number of nitrogens with zero attached hydrogens (tertiary/aromatic N) is 1. The summed E-state index contributed by atoms with van der Waals surface area (Å²) in [5.74, 6) is 2.46. The van der Waals surface area contributed by atoms with Gasteiger partial charge in [0.2, 0.25) is 0 Å². The third-order valence-electron chi connectivity index (χ3n) is 3.87. The molecule has 0 aliphatic carbocycles. The molecule has 0 aromatic heterocycles.